The van der Waals surface area contributed by atoms with Gasteiger partial charge in [-0.1, -0.05) is 36.4 Å². The van der Waals surface area contributed by atoms with Crippen molar-refractivity contribution in [2.75, 3.05) is 11.4 Å². The number of urea groups is 1. The van der Waals surface area contributed by atoms with Gasteiger partial charge in [0.1, 0.15) is 6.29 Å². The molecule has 0 spiro atoms. The molecule has 1 heterocycles. The van der Waals surface area contributed by atoms with E-state index in [0.29, 0.717) is 18.5 Å². The van der Waals surface area contributed by atoms with Gasteiger partial charge in [-0.2, -0.15) is 0 Å². The zero-order valence-electron chi connectivity index (χ0n) is 12.7. The molecule has 116 valence electrons. The first-order chi connectivity index (χ1) is 11.1. The summed E-state index contributed by atoms with van der Waals surface area (Å²) in [5.74, 6) is -0.246. The van der Waals surface area contributed by atoms with Crippen molar-refractivity contribution < 1.29 is 14.4 Å². The van der Waals surface area contributed by atoms with Crippen LogP contribution in [0.4, 0.5) is 10.5 Å². The normalized spacial score (nSPS) is 14.6. The number of nitrogens with one attached hydrogen (secondary N) is 1. The SMILES string of the molecule is Cc1c(-c2ccc(C=O)cc2)cccc1N1CCC(=O)NC1=O. The van der Waals surface area contributed by atoms with Gasteiger partial charge >= 0.3 is 6.03 Å². The molecular formula is C18H16N2O3. The maximum atomic E-state index is 12.0. The number of carbonyl (C=O) groups is 3. The molecule has 0 unspecified atom stereocenters. The second kappa shape index (κ2) is 6.04. The van der Waals surface area contributed by atoms with Crippen LogP contribution in [0.15, 0.2) is 42.5 Å². The molecule has 5 nitrogen and oxygen atoms in total. The maximum Gasteiger partial charge on any atom is 0.328 e. The molecule has 0 radical (unpaired) electrons. The van der Waals surface area contributed by atoms with Gasteiger partial charge in [-0.3, -0.25) is 19.8 Å². The highest BCUT2D eigenvalue weighted by Crippen LogP contribution is 2.31. The van der Waals surface area contributed by atoms with Gasteiger partial charge in [0.25, 0.3) is 0 Å². The van der Waals surface area contributed by atoms with Crippen LogP contribution >= 0.6 is 0 Å². The third kappa shape index (κ3) is 2.85. The van der Waals surface area contributed by atoms with Crippen molar-refractivity contribution >= 4 is 23.9 Å². The second-order valence-electron chi connectivity index (χ2n) is 5.44. The fourth-order valence-electron chi connectivity index (χ4n) is 2.76. The zero-order chi connectivity index (χ0) is 16.4. The number of hydrogen-bond donors (Lipinski definition) is 1. The minimum Gasteiger partial charge on any atom is -0.298 e. The first-order valence-electron chi connectivity index (χ1n) is 7.37. The molecule has 5 heteroatoms. The number of rotatable bonds is 3. The number of nitrogens with zero attached hydrogens (tertiary/aromatic N) is 1. The standard InChI is InChI=1S/C18H16N2O3/c1-12-15(14-7-5-13(11-21)6-8-14)3-2-4-16(12)20-10-9-17(22)19-18(20)23/h2-8,11H,9-10H2,1H3,(H,19,22,23). The van der Waals surface area contributed by atoms with E-state index in [4.69, 9.17) is 0 Å². The Labute approximate surface area is 133 Å². The van der Waals surface area contributed by atoms with E-state index in [1.807, 2.05) is 37.3 Å². The second-order valence-corrected chi connectivity index (χ2v) is 5.44. The Kier molecular flexibility index (Phi) is 3.93. The molecule has 0 aromatic heterocycles. The molecule has 23 heavy (non-hydrogen) atoms. The van der Waals surface area contributed by atoms with E-state index in [2.05, 4.69) is 5.32 Å². The van der Waals surface area contributed by atoms with Gasteiger partial charge in [0, 0.05) is 24.2 Å². The monoisotopic (exact) mass is 308 g/mol. The lowest BCUT2D eigenvalue weighted by molar-refractivity contribution is -0.120. The van der Waals surface area contributed by atoms with E-state index in [1.165, 1.54) is 0 Å². The van der Waals surface area contributed by atoms with Crippen molar-refractivity contribution in [3.63, 3.8) is 0 Å². The average Bonchev–Trinajstić information content (AvgIpc) is 2.56. The van der Waals surface area contributed by atoms with E-state index in [-0.39, 0.29) is 5.91 Å². The highest BCUT2D eigenvalue weighted by molar-refractivity contribution is 6.06. The Morgan fingerprint density at radius 3 is 2.48 bits per heavy atom. The van der Waals surface area contributed by atoms with Gasteiger partial charge in [-0.05, 0) is 29.7 Å². The molecule has 0 bridgehead atoms. The summed E-state index contributed by atoms with van der Waals surface area (Å²) < 4.78 is 0. The summed E-state index contributed by atoms with van der Waals surface area (Å²) in [6.45, 7) is 2.32. The molecule has 0 atom stereocenters. The molecular weight excluding hydrogens is 292 g/mol. The molecule has 3 amide bonds. The summed E-state index contributed by atoms with van der Waals surface area (Å²) in [5.41, 5.74) is 4.33. The Morgan fingerprint density at radius 2 is 1.83 bits per heavy atom. The number of imide groups is 1. The third-order valence-electron chi connectivity index (χ3n) is 4.01. The number of carbonyl (C=O) groups excluding carboxylic acids is 3. The Morgan fingerprint density at radius 1 is 1.09 bits per heavy atom. The summed E-state index contributed by atoms with van der Waals surface area (Å²) in [7, 11) is 0. The fourth-order valence-corrected chi connectivity index (χ4v) is 2.76. The molecule has 2 aromatic rings. The smallest absolute Gasteiger partial charge is 0.298 e. The third-order valence-corrected chi connectivity index (χ3v) is 4.01. The summed E-state index contributed by atoms with van der Waals surface area (Å²) in [4.78, 5) is 35.7. The van der Waals surface area contributed by atoms with Crippen LogP contribution in [-0.4, -0.2) is 24.8 Å². The number of aldehydes is 1. The van der Waals surface area contributed by atoms with E-state index in [0.717, 1.165) is 28.7 Å². The van der Waals surface area contributed by atoms with E-state index >= 15 is 0 Å². The van der Waals surface area contributed by atoms with Crippen LogP contribution < -0.4 is 10.2 Å². The van der Waals surface area contributed by atoms with Crippen molar-refractivity contribution in [1.29, 1.82) is 0 Å². The van der Waals surface area contributed by atoms with Crippen LogP contribution in [-0.2, 0) is 4.79 Å². The van der Waals surface area contributed by atoms with E-state index in [1.54, 1.807) is 17.0 Å². The molecule has 0 aliphatic carbocycles. The minimum absolute atomic E-state index is 0.246. The minimum atomic E-state index is -0.391. The zero-order valence-corrected chi connectivity index (χ0v) is 12.7. The van der Waals surface area contributed by atoms with Gasteiger partial charge in [0.05, 0.1) is 0 Å². The van der Waals surface area contributed by atoms with Crippen molar-refractivity contribution in [3.8, 4) is 11.1 Å². The molecule has 1 fully saturated rings. The van der Waals surface area contributed by atoms with Crippen LogP contribution in [0.2, 0.25) is 0 Å². The first kappa shape index (κ1) is 15.0. The molecule has 0 saturated carbocycles. The maximum absolute atomic E-state index is 12.0. The van der Waals surface area contributed by atoms with Crippen molar-refractivity contribution in [1.82, 2.24) is 5.32 Å². The van der Waals surface area contributed by atoms with E-state index < -0.39 is 6.03 Å². The van der Waals surface area contributed by atoms with Crippen LogP contribution in [0.1, 0.15) is 22.3 Å². The fraction of sp³-hybridized carbons (Fsp3) is 0.167. The van der Waals surface area contributed by atoms with Crippen LogP contribution in [0.25, 0.3) is 11.1 Å². The first-order valence-corrected chi connectivity index (χ1v) is 7.37. The number of anilines is 1. The van der Waals surface area contributed by atoms with Gasteiger partial charge in [0.15, 0.2) is 0 Å². The summed E-state index contributed by atoms with van der Waals surface area (Å²) >= 11 is 0. The number of amides is 3. The molecule has 1 N–H and O–H groups in total. The van der Waals surface area contributed by atoms with Gasteiger partial charge in [-0.25, -0.2) is 4.79 Å². The van der Waals surface area contributed by atoms with Gasteiger partial charge < -0.3 is 0 Å². The molecule has 1 saturated heterocycles. The van der Waals surface area contributed by atoms with Crippen molar-refractivity contribution in [2.24, 2.45) is 0 Å². The van der Waals surface area contributed by atoms with Crippen LogP contribution in [0, 0.1) is 6.92 Å². The highest BCUT2D eigenvalue weighted by atomic mass is 16.2. The van der Waals surface area contributed by atoms with Crippen molar-refractivity contribution in [2.45, 2.75) is 13.3 Å². The number of hydrogen-bond acceptors (Lipinski definition) is 3. The highest BCUT2D eigenvalue weighted by Gasteiger charge is 2.25. The summed E-state index contributed by atoms with van der Waals surface area (Å²) in [5, 5.41) is 2.34. The van der Waals surface area contributed by atoms with Crippen LogP contribution in [0.3, 0.4) is 0 Å². The Balaban J connectivity index is 1.99. The lowest BCUT2D eigenvalue weighted by Crippen LogP contribution is -2.49. The lowest BCUT2D eigenvalue weighted by Gasteiger charge is -2.28. The molecule has 3 rings (SSSR count). The molecule has 1 aliphatic rings. The van der Waals surface area contributed by atoms with Crippen LogP contribution in [0.5, 0.6) is 0 Å². The average molecular weight is 308 g/mol. The largest absolute Gasteiger partial charge is 0.328 e. The molecule has 2 aromatic carbocycles. The quantitative estimate of drug-likeness (QED) is 0.887. The Hall–Kier alpha value is -2.95. The topological polar surface area (TPSA) is 66.5 Å². The van der Waals surface area contributed by atoms with E-state index in [9.17, 15) is 14.4 Å². The molecule has 1 aliphatic heterocycles. The predicted octanol–water partition coefficient (Wildman–Crippen LogP) is 2.92. The summed E-state index contributed by atoms with van der Waals surface area (Å²) in [6, 6.07) is 12.6. The van der Waals surface area contributed by atoms with Crippen molar-refractivity contribution in [3.05, 3.63) is 53.6 Å². The Bertz CT molecular complexity index is 781. The summed E-state index contributed by atoms with van der Waals surface area (Å²) in [6.07, 6.45) is 1.10. The predicted molar refractivity (Wildman–Crippen MR) is 87.5 cm³/mol. The van der Waals surface area contributed by atoms with Gasteiger partial charge in [0.2, 0.25) is 5.91 Å². The lowest BCUT2D eigenvalue weighted by atomic mass is 9.97. The van der Waals surface area contributed by atoms with Gasteiger partial charge in [-0.15, -0.1) is 0 Å². The number of benzene rings is 2.